The largest absolute Gasteiger partial charge is 0.492 e. The predicted molar refractivity (Wildman–Crippen MR) is 197 cm³/mol. The molecule has 0 spiro atoms. The molecule has 0 radical (unpaired) electrons. The van der Waals surface area contributed by atoms with Crippen LogP contribution in [-0.2, 0) is 0 Å². The van der Waals surface area contributed by atoms with Crippen LogP contribution in [-0.4, -0.2) is 47.1 Å². The van der Waals surface area contributed by atoms with E-state index in [4.69, 9.17) is 0 Å². The summed E-state index contributed by atoms with van der Waals surface area (Å²) in [5.41, 5.74) is 2.94. The first kappa shape index (κ1) is 36.3. The summed E-state index contributed by atoms with van der Waals surface area (Å²) in [5.74, 6) is -0.932. The fraction of sp³-hybridized carbons (Fsp3) is 0.333. The van der Waals surface area contributed by atoms with Crippen LogP contribution in [0.1, 0.15) is 41.5 Å². The summed E-state index contributed by atoms with van der Waals surface area (Å²) in [7, 11) is -5.25. The SMILES string of the molecule is CC(C)(C)[Si](C)(C)n1ccc2c(B(O)O)c(F)ccc21.CC(C)(C)[Si](C)(C)n1ccc2cc(F)ccc21.Fc1ccc2[nH]ccc2c1. The molecule has 250 valence electrons. The molecule has 0 unspecified atom stereocenters. The lowest BCUT2D eigenvalue weighted by Gasteiger charge is -2.38. The highest BCUT2D eigenvalue weighted by atomic mass is 28.3. The van der Waals surface area contributed by atoms with Gasteiger partial charge < -0.3 is 23.5 Å². The van der Waals surface area contributed by atoms with Crippen LogP contribution in [0.5, 0.6) is 0 Å². The molecule has 0 amide bonds. The normalized spacial score (nSPS) is 12.6. The highest BCUT2D eigenvalue weighted by Gasteiger charge is 2.39. The minimum Gasteiger partial charge on any atom is -0.423 e. The summed E-state index contributed by atoms with van der Waals surface area (Å²) in [6, 6.07) is 18.4. The number of hydrogen-bond acceptors (Lipinski definition) is 2. The van der Waals surface area contributed by atoms with Crippen LogP contribution in [0.4, 0.5) is 13.2 Å². The molecule has 11 heteroatoms. The minimum atomic E-state index is -1.84. The number of benzene rings is 3. The van der Waals surface area contributed by atoms with Crippen molar-refractivity contribution in [1.82, 2.24) is 13.4 Å². The van der Waals surface area contributed by atoms with Crippen LogP contribution in [0.15, 0.2) is 85.3 Å². The molecule has 0 aliphatic carbocycles. The average Bonchev–Trinajstić information content (AvgIpc) is 3.70. The Morgan fingerprint density at radius 1 is 0.638 bits per heavy atom. The Bertz CT molecular complexity index is 2000. The van der Waals surface area contributed by atoms with Gasteiger partial charge in [0.15, 0.2) is 16.5 Å². The molecule has 3 aromatic carbocycles. The molecule has 0 saturated carbocycles. The van der Waals surface area contributed by atoms with E-state index in [1.165, 1.54) is 18.2 Å². The second-order valence-corrected chi connectivity index (χ2v) is 25.4. The van der Waals surface area contributed by atoms with Crippen LogP contribution < -0.4 is 5.46 Å². The molecule has 0 saturated heterocycles. The molecule has 3 aromatic heterocycles. The molecular formula is C36H47BF3N3O2Si2. The van der Waals surface area contributed by atoms with Crippen molar-refractivity contribution >= 4 is 61.8 Å². The third-order valence-corrected chi connectivity index (χ3v) is 20.7. The molecular weight excluding hydrogens is 630 g/mol. The highest BCUT2D eigenvalue weighted by Crippen LogP contribution is 2.40. The lowest BCUT2D eigenvalue weighted by molar-refractivity contribution is 0.423. The molecule has 5 nitrogen and oxygen atoms in total. The molecule has 6 rings (SSSR count). The maximum absolute atomic E-state index is 13.8. The Morgan fingerprint density at radius 3 is 1.72 bits per heavy atom. The van der Waals surface area contributed by atoms with Gasteiger partial charge in [-0.1, -0.05) is 67.7 Å². The van der Waals surface area contributed by atoms with Crippen molar-refractivity contribution < 1.29 is 23.2 Å². The van der Waals surface area contributed by atoms with Crippen LogP contribution in [0, 0.1) is 17.5 Å². The smallest absolute Gasteiger partial charge is 0.423 e. The first-order valence-electron chi connectivity index (χ1n) is 15.8. The van der Waals surface area contributed by atoms with E-state index in [0.29, 0.717) is 5.39 Å². The van der Waals surface area contributed by atoms with Gasteiger partial charge in [0.05, 0.1) is 0 Å². The van der Waals surface area contributed by atoms with Crippen LogP contribution in [0.25, 0.3) is 32.7 Å². The van der Waals surface area contributed by atoms with Crippen molar-refractivity contribution in [3.63, 3.8) is 0 Å². The van der Waals surface area contributed by atoms with Gasteiger partial charge in [-0.3, -0.25) is 0 Å². The third-order valence-electron chi connectivity index (χ3n) is 10.2. The molecule has 0 bridgehead atoms. The van der Waals surface area contributed by atoms with Gasteiger partial charge >= 0.3 is 7.12 Å². The maximum Gasteiger partial charge on any atom is 0.492 e. The summed E-state index contributed by atoms with van der Waals surface area (Å²) in [4.78, 5) is 2.98. The van der Waals surface area contributed by atoms with Crippen molar-refractivity contribution in [2.75, 3.05) is 0 Å². The number of halogens is 3. The van der Waals surface area contributed by atoms with E-state index >= 15 is 0 Å². The van der Waals surface area contributed by atoms with Crippen molar-refractivity contribution in [2.24, 2.45) is 0 Å². The standard InChI is InChI=1S/C14H21BFNO2Si.C14H20FNSi.C8H6FN/c1-14(2,3)20(4,5)17-9-8-10-12(17)7-6-11(16)13(10)15(18)19;1-14(2,3)17(4,5)16-9-8-11-10-12(15)6-7-13(11)16;9-7-1-2-8-6(5-7)3-4-10-8/h6-9,18-19H,1-5H3;6-10H,1-5H3;1-5,10H. The summed E-state index contributed by atoms with van der Waals surface area (Å²) in [5, 5.41) is 21.7. The molecule has 0 aliphatic rings. The average molecular weight is 678 g/mol. The molecule has 0 atom stereocenters. The fourth-order valence-corrected chi connectivity index (χ4v) is 9.25. The first-order valence-corrected chi connectivity index (χ1v) is 21.7. The van der Waals surface area contributed by atoms with E-state index in [0.717, 1.165) is 27.3 Å². The van der Waals surface area contributed by atoms with Gasteiger partial charge in [-0.15, -0.1) is 0 Å². The highest BCUT2D eigenvalue weighted by molar-refractivity contribution is 6.80. The maximum atomic E-state index is 13.8. The van der Waals surface area contributed by atoms with E-state index < -0.39 is 29.4 Å². The Balaban J connectivity index is 0.000000168. The number of aromatic nitrogens is 3. The number of hydrogen-bond donors (Lipinski definition) is 3. The molecule has 47 heavy (non-hydrogen) atoms. The zero-order valence-electron chi connectivity index (χ0n) is 29.1. The molecule has 0 fully saturated rings. The van der Waals surface area contributed by atoms with Crippen molar-refractivity contribution in [3.05, 3.63) is 103 Å². The van der Waals surface area contributed by atoms with Crippen LogP contribution in [0.2, 0.25) is 36.3 Å². The van der Waals surface area contributed by atoms with Gasteiger partial charge in [0.25, 0.3) is 0 Å². The Labute approximate surface area is 278 Å². The van der Waals surface area contributed by atoms with Gasteiger partial charge in [-0.05, 0) is 89.2 Å². The first-order chi connectivity index (χ1) is 21.7. The molecule has 3 heterocycles. The Kier molecular flexibility index (Phi) is 10.2. The lowest BCUT2D eigenvalue weighted by atomic mass is 9.77. The second-order valence-electron chi connectivity index (χ2n) is 15.2. The Morgan fingerprint density at radius 2 is 1.15 bits per heavy atom. The third kappa shape index (κ3) is 7.33. The van der Waals surface area contributed by atoms with Crippen LogP contribution >= 0.6 is 0 Å². The zero-order valence-corrected chi connectivity index (χ0v) is 31.1. The van der Waals surface area contributed by atoms with E-state index in [1.807, 2.05) is 24.4 Å². The topological polar surface area (TPSA) is 66.1 Å². The minimum absolute atomic E-state index is 0.0417. The van der Waals surface area contributed by atoms with Gasteiger partial charge in [0.2, 0.25) is 0 Å². The quantitative estimate of drug-likeness (QED) is 0.164. The number of aromatic amines is 1. The van der Waals surface area contributed by atoms with Gasteiger partial charge in [0, 0.05) is 44.4 Å². The molecule has 6 aromatic rings. The molecule has 3 N–H and O–H groups in total. The van der Waals surface area contributed by atoms with E-state index in [1.54, 1.807) is 36.5 Å². The van der Waals surface area contributed by atoms with Crippen molar-refractivity contribution in [3.8, 4) is 0 Å². The van der Waals surface area contributed by atoms with E-state index in [2.05, 4.69) is 87.4 Å². The fourth-order valence-electron chi connectivity index (χ4n) is 5.31. The van der Waals surface area contributed by atoms with Crippen molar-refractivity contribution in [2.45, 2.75) is 77.8 Å². The van der Waals surface area contributed by atoms with Crippen molar-refractivity contribution in [1.29, 1.82) is 0 Å². The van der Waals surface area contributed by atoms with Gasteiger partial charge in [-0.2, -0.15) is 0 Å². The summed E-state index contributed by atoms with van der Waals surface area (Å²) >= 11 is 0. The number of nitrogens with zero attached hydrogens (tertiary/aromatic N) is 2. The summed E-state index contributed by atoms with van der Waals surface area (Å²) in [6.07, 6.45) is 5.85. The lowest BCUT2D eigenvalue weighted by Crippen LogP contribution is -2.45. The number of fused-ring (bicyclic) bond motifs is 3. The monoisotopic (exact) mass is 677 g/mol. The number of rotatable bonds is 3. The van der Waals surface area contributed by atoms with Crippen LogP contribution in [0.3, 0.4) is 0 Å². The zero-order chi connectivity index (χ0) is 35.1. The van der Waals surface area contributed by atoms with Gasteiger partial charge in [0.1, 0.15) is 17.5 Å². The number of nitrogens with one attached hydrogen (secondary N) is 1. The molecule has 0 aliphatic heterocycles. The predicted octanol–water partition coefficient (Wildman–Crippen LogP) is 9.25. The van der Waals surface area contributed by atoms with E-state index in [9.17, 15) is 23.2 Å². The second kappa shape index (κ2) is 13.2. The Hall–Kier alpha value is -3.51. The number of H-pyrrole nitrogens is 1. The summed E-state index contributed by atoms with van der Waals surface area (Å²) < 4.78 is 44.0. The van der Waals surface area contributed by atoms with Gasteiger partial charge in [-0.25, -0.2) is 13.2 Å². The van der Waals surface area contributed by atoms with E-state index in [-0.39, 0.29) is 27.2 Å². The summed E-state index contributed by atoms with van der Waals surface area (Å²) in [6.45, 7) is 22.7.